The van der Waals surface area contributed by atoms with E-state index in [2.05, 4.69) is 34.3 Å². The number of halogens is 1. The number of benzene rings is 2. The Morgan fingerprint density at radius 1 is 0.970 bits per heavy atom. The van der Waals surface area contributed by atoms with Gasteiger partial charge in [-0.3, -0.25) is 14.5 Å². The fourth-order valence-corrected chi connectivity index (χ4v) is 4.64. The van der Waals surface area contributed by atoms with Crippen LogP contribution in [0.15, 0.2) is 59.3 Å². The van der Waals surface area contributed by atoms with Gasteiger partial charge in [0.1, 0.15) is 11.3 Å². The van der Waals surface area contributed by atoms with E-state index in [1.165, 1.54) is 11.9 Å². The molecule has 3 heterocycles. The number of hydrogen-bond acceptors (Lipinski definition) is 4. The number of nitrogens with zero attached hydrogens (tertiary/aromatic N) is 2. The molecule has 0 radical (unpaired) electrons. The lowest BCUT2D eigenvalue weighted by Gasteiger charge is -2.10. The van der Waals surface area contributed by atoms with E-state index in [1.54, 1.807) is 12.3 Å². The number of furan rings is 1. The first-order chi connectivity index (χ1) is 15.9. The molecule has 0 saturated heterocycles. The Hall–Kier alpha value is -3.32. The monoisotopic (exact) mass is 506 g/mol. The van der Waals surface area contributed by atoms with Crippen LogP contribution >= 0.6 is 15.9 Å². The number of imide groups is 1. The summed E-state index contributed by atoms with van der Waals surface area (Å²) in [6.45, 7) is 4.69. The number of alkyl halides is 1. The van der Waals surface area contributed by atoms with E-state index in [0.29, 0.717) is 40.0 Å². The molecular weight excluding hydrogens is 484 g/mol. The normalized spacial score (nSPS) is 14.5. The summed E-state index contributed by atoms with van der Waals surface area (Å²) in [6.07, 6.45) is 3.55. The molecule has 0 saturated carbocycles. The van der Waals surface area contributed by atoms with Gasteiger partial charge in [0, 0.05) is 46.6 Å². The van der Waals surface area contributed by atoms with E-state index in [9.17, 15) is 9.59 Å². The van der Waals surface area contributed by atoms with Crippen LogP contribution < -0.4 is 4.74 Å². The summed E-state index contributed by atoms with van der Waals surface area (Å²) in [5.74, 6) is 0.00910. The summed E-state index contributed by atoms with van der Waals surface area (Å²) < 4.78 is 13.8. The summed E-state index contributed by atoms with van der Waals surface area (Å²) in [4.78, 5) is 27.9. The Morgan fingerprint density at radius 2 is 1.70 bits per heavy atom. The largest absolute Gasteiger partial charge is 0.492 e. The third kappa shape index (κ3) is 3.30. The van der Waals surface area contributed by atoms with Gasteiger partial charge in [0.15, 0.2) is 0 Å². The van der Waals surface area contributed by atoms with E-state index in [0.717, 1.165) is 21.9 Å². The van der Waals surface area contributed by atoms with E-state index in [4.69, 9.17) is 9.15 Å². The fraction of sp³-hybridized carbons (Fsp3) is 0.231. The molecule has 2 amide bonds. The second-order valence-electron chi connectivity index (χ2n) is 8.29. The Labute approximate surface area is 199 Å². The lowest BCUT2D eigenvalue weighted by molar-refractivity contribution is -0.134. The number of fused-ring (bicyclic) bond motifs is 2. The van der Waals surface area contributed by atoms with Gasteiger partial charge in [0.25, 0.3) is 11.8 Å². The molecule has 1 aliphatic heterocycles. The first-order valence-electron chi connectivity index (χ1n) is 10.8. The first-order valence-corrected chi connectivity index (χ1v) is 11.9. The van der Waals surface area contributed by atoms with E-state index in [1.807, 2.05) is 42.6 Å². The van der Waals surface area contributed by atoms with Gasteiger partial charge >= 0.3 is 0 Å². The van der Waals surface area contributed by atoms with Crippen molar-refractivity contribution < 1.29 is 18.7 Å². The average molecular weight is 507 g/mol. The molecular formula is C26H23BrN2O4. The van der Waals surface area contributed by atoms with Gasteiger partial charge in [-0.1, -0.05) is 34.1 Å². The lowest BCUT2D eigenvalue weighted by Crippen LogP contribution is -2.26. The molecule has 4 aromatic rings. The van der Waals surface area contributed by atoms with Gasteiger partial charge in [-0.15, -0.1) is 0 Å². The molecule has 0 fully saturated rings. The Balaban J connectivity index is 1.80. The van der Waals surface area contributed by atoms with Gasteiger partial charge in [-0.25, -0.2) is 0 Å². The van der Waals surface area contributed by atoms with Crippen LogP contribution in [0.25, 0.3) is 33.0 Å². The standard InChI is InChI=1S/C26H23BrN2O4/c1-15(2)29-14-19(16-6-4-5-7-20(16)29)23-22(25(30)28(3)26(23)31)18-8-9-21(32-13-11-27)17-10-12-33-24(17)18/h4-10,12,14-15H,11,13H2,1-3H3. The zero-order valence-electron chi connectivity index (χ0n) is 18.6. The third-order valence-corrected chi connectivity index (χ3v) is 6.36. The second kappa shape index (κ2) is 8.23. The van der Waals surface area contributed by atoms with Crippen LogP contribution in [0.5, 0.6) is 5.75 Å². The van der Waals surface area contributed by atoms with Gasteiger partial charge < -0.3 is 13.7 Å². The Morgan fingerprint density at radius 3 is 2.42 bits per heavy atom. The number of ether oxygens (including phenoxy) is 1. The second-order valence-corrected chi connectivity index (χ2v) is 9.09. The molecule has 0 N–H and O–H groups in total. The molecule has 7 heteroatoms. The van der Waals surface area contributed by atoms with Crippen molar-refractivity contribution in [1.82, 2.24) is 9.47 Å². The SMILES string of the molecule is CC(C)n1cc(C2=C(c3ccc(OCCBr)c4ccoc34)C(=O)N(C)C2=O)c2ccccc21. The summed E-state index contributed by atoms with van der Waals surface area (Å²) in [7, 11) is 1.52. The zero-order chi connectivity index (χ0) is 23.3. The van der Waals surface area contributed by atoms with Crippen molar-refractivity contribution in [3.05, 3.63) is 66.1 Å². The minimum absolute atomic E-state index is 0.195. The maximum Gasteiger partial charge on any atom is 0.262 e. The van der Waals surface area contributed by atoms with Crippen molar-refractivity contribution in [2.75, 3.05) is 19.0 Å². The maximum absolute atomic E-state index is 13.4. The molecule has 168 valence electrons. The summed E-state index contributed by atoms with van der Waals surface area (Å²) in [5, 5.41) is 2.39. The molecule has 1 aliphatic rings. The summed E-state index contributed by atoms with van der Waals surface area (Å²) in [5.41, 5.74) is 3.62. The Kier molecular flexibility index (Phi) is 5.37. The van der Waals surface area contributed by atoms with Crippen molar-refractivity contribution in [3.63, 3.8) is 0 Å². The van der Waals surface area contributed by atoms with Crippen LogP contribution in [0.2, 0.25) is 0 Å². The van der Waals surface area contributed by atoms with Crippen LogP contribution in [0.1, 0.15) is 31.0 Å². The lowest BCUT2D eigenvalue weighted by atomic mass is 9.95. The van der Waals surface area contributed by atoms with Crippen molar-refractivity contribution in [2.45, 2.75) is 19.9 Å². The van der Waals surface area contributed by atoms with Gasteiger partial charge in [-0.05, 0) is 38.1 Å². The Bertz CT molecular complexity index is 1440. The maximum atomic E-state index is 13.4. The number of aromatic nitrogens is 1. The predicted octanol–water partition coefficient (Wildman–Crippen LogP) is 5.65. The number of amides is 2. The molecule has 33 heavy (non-hydrogen) atoms. The number of hydrogen-bond donors (Lipinski definition) is 0. The van der Waals surface area contributed by atoms with Crippen LogP contribution in [0.4, 0.5) is 0 Å². The van der Waals surface area contributed by atoms with Gasteiger partial charge in [0.2, 0.25) is 0 Å². The van der Waals surface area contributed by atoms with Crippen LogP contribution in [-0.4, -0.2) is 40.3 Å². The molecule has 5 rings (SSSR count). The number of carbonyl (C=O) groups excluding carboxylic acids is 2. The molecule has 6 nitrogen and oxygen atoms in total. The van der Waals surface area contributed by atoms with E-state index in [-0.39, 0.29) is 17.9 Å². The summed E-state index contributed by atoms with van der Waals surface area (Å²) >= 11 is 3.37. The minimum atomic E-state index is -0.344. The van der Waals surface area contributed by atoms with Crippen molar-refractivity contribution in [1.29, 1.82) is 0 Å². The first kappa shape index (κ1) is 21.5. The molecule has 0 atom stereocenters. The summed E-state index contributed by atoms with van der Waals surface area (Å²) in [6, 6.07) is 13.6. The smallest absolute Gasteiger partial charge is 0.262 e. The highest BCUT2D eigenvalue weighted by atomic mass is 79.9. The number of rotatable bonds is 6. The molecule has 2 aromatic carbocycles. The third-order valence-electron chi connectivity index (χ3n) is 6.03. The highest BCUT2D eigenvalue weighted by Crippen LogP contribution is 2.42. The van der Waals surface area contributed by atoms with Crippen molar-refractivity contribution >= 4 is 60.8 Å². The molecule has 2 aromatic heterocycles. The van der Waals surface area contributed by atoms with Gasteiger partial charge in [-0.2, -0.15) is 0 Å². The van der Waals surface area contributed by atoms with E-state index >= 15 is 0 Å². The highest BCUT2D eigenvalue weighted by molar-refractivity contribution is 9.09. The molecule has 0 bridgehead atoms. The molecule has 0 aliphatic carbocycles. The number of likely N-dealkylation sites (N-methyl/N-ethyl adjacent to an activating group) is 1. The van der Waals surface area contributed by atoms with Crippen LogP contribution in [0, 0.1) is 0 Å². The van der Waals surface area contributed by atoms with Crippen LogP contribution in [-0.2, 0) is 9.59 Å². The fourth-order valence-electron chi connectivity index (χ4n) is 4.48. The van der Waals surface area contributed by atoms with Crippen LogP contribution in [0.3, 0.4) is 0 Å². The number of para-hydroxylation sites is 1. The minimum Gasteiger partial charge on any atom is -0.492 e. The number of carbonyl (C=O) groups is 2. The zero-order valence-corrected chi connectivity index (χ0v) is 20.2. The van der Waals surface area contributed by atoms with E-state index < -0.39 is 0 Å². The predicted molar refractivity (Wildman–Crippen MR) is 132 cm³/mol. The quantitative estimate of drug-likeness (QED) is 0.250. The molecule has 0 unspecified atom stereocenters. The topological polar surface area (TPSA) is 64.7 Å². The van der Waals surface area contributed by atoms with Crippen molar-refractivity contribution in [3.8, 4) is 5.75 Å². The average Bonchev–Trinajstić information content (AvgIpc) is 3.50. The highest BCUT2D eigenvalue weighted by Gasteiger charge is 2.39. The van der Waals surface area contributed by atoms with Gasteiger partial charge in [0.05, 0.1) is 29.4 Å². The van der Waals surface area contributed by atoms with Crippen molar-refractivity contribution in [2.24, 2.45) is 0 Å². The molecule has 0 spiro atoms.